The molecule has 7 nitrogen and oxygen atoms in total. The minimum Gasteiger partial charge on any atom is -0.484 e. The zero-order valence-corrected chi connectivity index (χ0v) is 15.8. The van der Waals surface area contributed by atoms with Gasteiger partial charge < -0.3 is 14.2 Å². The summed E-state index contributed by atoms with van der Waals surface area (Å²) in [7, 11) is 0. The Kier molecular flexibility index (Phi) is 5.01. The SMILES string of the molecule is Cc1cc(O[C@@H]2C[C@H](C)N(Cc3nc4c(cc3F)OCCO4)C2)ncc1C#N. The van der Waals surface area contributed by atoms with Crippen molar-refractivity contribution in [3.05, 3.63) is 41.0 Å². The van der Waals surface area contributed by atoms with Crippen LogP contribution in [0.25, 0.3) is 0 Å². The Morgan fingerprint density at radius 2 is 2.18 bits per heavy atom. The quantitative estimate of drug-likeness (QED) is 0.801. The van der Waals surface area contributed by atoms with Crippen LogP contribution in [0.3, 0.4) is 0 Å². The lowest BCUT2D eigenvalue weighted by molar-refractivity contribution is 0.160. The predicted octanol–water partition coefficient (Wildman–Crippen LogP) is 2.61. The van der Waals surface area contributed by atoms with Gasteiger partial charge in [-0.15, -0.1) is 0 Å². The van der Waals surface area contributed by atoms with Gasteiger partial charge in [0.15, 0.2) is 5.75 Å². The van der Waals surface area contributed by atoms with Gasteiger partial charge in [0.25, 0.3) is 5.88 Å². The van der Waals surface area contributed by atoms with Crippen LogP contribution in [-0.4, -0.2) is 46.8 Å². The van der Waals surface area contributed by atoms with Gasteiger partial charge in [-0.25, -0.2) is 14.4 Å². The van der Waals surface area contributed by atoms with Crippen molar-refractivity contribution < 1.29 is 18.6 Å². The van der Waals surface area contributed by atoms with Crippen molar-refractivity contribution in [1.82, 2.24) is 14.9 Å². The molecule has 0 N–H and O–H groups in total. The van der Waals surface area contributed by atoms with Crippen LogP contribution >= 0.6 is 0 Å². The topological polar surface area (TPSA) is 80.5 Å². The van der Waals surface area contributed by atoms with Gasteiger partial charge in [-0.2, -0.15) is 5.26 Å². The first-order chi connectivity index (χ1) is 13.5. The Morgan fingerprint density at radius 3 is 2.96 bits per heavy atom. The highest BCUT2D eigenvalue weighted by molar-refractivity contribution is 5.37. The van der Waals surface area contributed by atoms with E-state index in [1.807, 2.05) is 6.92 Å². The second-order valence-electron chi connectivity index (χ2n) is 7.12. The molecule has 1 fully saturated rings. The summed E-state index contributed by atoms with van der Waals surface area (Å²) in [5.74, 6) is 0.800. The van der Waals surface area contributed by atoms with Crippen molar-refractivity contribution in [2.45, 2.75) is 39.0 Å². The molecule has 4 rings (SSSR count). The highest BCUT2D eigenvalue weighted by Gasteiger charge is 2.32. The summed E-state index contributed by atoms with van der Waals surface area (Å²) in [6.45, 7) is 5.75. The molecule has 0 saturated carbocycles. The normalized spacial score (nSPS) is 21.4. The second kappa shape index (κ2) is 7.60. The number of likely N-dealkylation sites (tertiary alicyclic amines) is 1. The smallest absolute Gasteiger partial charge is 0.257 e. The minimum absolute atomic E-state index is 0.0601. The Balaban J connectivity index is 1.43. The second-order valence-corrected chi connectivity index (χ2v) is 7.12. The maximum atomic E-state index is 14.4. The van der Waals surface area contributed by atoms with Gasteiger partial charge in [-0.3, -0.25) is 4.90 Å². The fourth-order valence-electron chi connectivity index (χ4n) is 3.53. The summed E-state index contributed by atoms with van der Waals surface area (Å²) < 4.78 is 31.3. The molecule has 2 aliphatic heterocycles. The molecule has 4 heterocycles. The highest BCUT2D eigenvalue weighted by atomic mass is 19.1. The number of pyridine rings is 2. The molecule has 1 saturated heterocycles. The fourth-order valence-corrected chi connectivity index (χ4v) is 3.53. The zero-order valence-electron chi connectivity index (χ0n) is 15.8. The van der Waals surface area contributed by atoms with Crippen LogP contribution in [0.4, 0.5) is 4.39 Å². The number of rotatable bonds is 4. The molecule has 0 aromatic carbocycles. The molecule has 2 aliphatic rings. The number of nitriles is 1. The van der Waals surface area contributed by atoms with Crippen molar-refractivity contribution in [3.63, 3.8) is 0 Å². The van der Waals surface area contributed by atoms with Gasteiger partial charge in [-0.1, -0.05) is 0 Å². The van der Waals surface area contributed by atoms with E-state index in [0.29, 0.717) is 55.1 Å². The first-order valence-electron chi connectivity index (χ1n) is 9.26. The van der Waals surface area contributed by atoms with E-state index < -0.39 is 5.82 Å². The van der Waals surface area contributed by atoms with E-state index in [9.17, 15) is 4.39 Å². The summed E-state index contributed by atoms with van der Waals surface area (Å²) in [5, 5.41) is 9.01. The summed E-state index contributed by atoms with van der Waals surface area (Å²) >= 11 is 0. The van der Waals surface area contributed by atoms with Gasteiger partial charge >= 0.3 is 0 Å². The standard InChI is InChI=1S/C20H21FN4O3/c1-12-5-19(23-9-14(12)8-22)28-15-6-13(2)25(10-15)11-17-16(21)7-18-20(24-17)27-4-3-26-18/h5,7,9,13,15H,3-4,6,10-11H2,1-2H3/t13-,15+/m0/s1. The van der Waals surface area contributed by atoms with Crippen LogP contribution in [0.1, 0.15) is 30.2 Å². The number of fused-ring (bicyclic) bond motifs is 1. The average molecular weight is 384 g/mol. The summed E-state index contributed by atoms with van der Waals surface area (Å²) in [4.78, 5) is 10.6. The maximum Gasteiger partial charge on any atom is 0.257 e. The van der Waals surface area contributed by atoms with Crippen molar-refractivity contribution >= 4 is 0 Å². The molecule has 0 spiro atoms. The minimum atomic E-state index is -0.398. The van der Waals surface area contributed by atoms with Gasteiger partial charge in [0.1, 0.15) is 31.2 Å². The molecule has 0 aliphatic carbocycles. The van der Waals surface area contributed by atoms with Crippen molar-refractivity contribution in [2.75, 3.05) is 19.8 Å². The molecule has 2 aromatic rings. The highest BCUT2D eigenvalue weighted by Crippen LogP contribution is 2.31. The molecule has 2 atom stereocenters. The molecule has 146 valence electrons. The summed E-state index contributed by atoms with van der Waals surface area (Å²) in [6, 6.07) is 5.42. The van der Waals surface area contributed by atoms with E-state index in [1.54, 1.807) is 6.07 Å². The number of aromatic nitrogens is 2. The monoisotopic (exact) mass is 384 g/mol. The Labute approximate surface area is 162 Å². The van der Waals surface area contributed by atoms with Gasteiger partial charge in [-0.05, 0) is 19.4 Å². The molecular formula is C20H21FN4O3. The summed E-state index contributed by atoms with van der Waals surface area (Å²) in [5.41, 5.74) is 1.70. The number of ether oxygens (including phenoxy) is 3. The Bertz CT molecular complexity index is 930. The third-order valence-electron chi connectivity index (χ3n) is 5.07. The third-order valence-corrected chi connectivity index (χ3v) is 5.07. The first kappa shape index (κ1) is 18.4. The van der Waals surface area contributed by atoms with Crippen LogP contribution in [0.2, 0.25) is 0 Å². The molecule has 0 unspecified atom stereocenters. The molecule has 28 heavy (non-hydrogen) atoms. The number of aryl methyl sites for hydroxylation is 1. The first-order valence-corrected chi connectivity index (χ1v) is 9.26. The third kappa shape index (κ3) is 3.71. The maximum absolute atomic E-state index is 14.4. The largest absolute Gasteiger partial charge is 0.484 e. The molecule has 2 aromatic heterocycles. The van der Waals surface area contributed by atoms with E-state index in [2.05, 4.69) is 27.9 Å². The Morgan fingerprint density at radius 1 is 1.36 bits per heavy atom. The molecular weight excluding hydrogens is 363 g/mol. The average Bonchev–Trinajstić information content (AvgIpc) is 3.01. The van der Waals surface area contributed by atoms with E-state index in [4.69, 9.17) is 19.5 Å². The fraction of sp³-hybridized carbons (Fsp3) is 0.450. The molecule has 0 bridgehead atoms. The lowest BCUT2D eigenvalue weighted by atomic mass is 10.2. The van der Waals surface area contributed by atoms with Gasteiger partial charge in [0.05, 0.1) is 11.3 Å². The van der Waals surface area contributed by atoms with Crippen LogP contribution in [0.5, 0.6) is 17.5 Å². The molecule has 0 amide bonds. The number of nitrogens with zero attached hydrogens (tertiary/aromatic N) is 4. The molecule has 0 radical (unpaired) electrons. The van der Waals surface area contributed by atoms with Crippen molar-refractivity contribution in [3.8, 4) is 23.6 Å². The summed E-state index contributed by atoms with van der Waals surface area (Å²) in [6.07, 6.45) is 2.26. The number of hydrogen-bond acceptors (Lipinski definition) is 7. The van der Waals surface area contributed by atoms with Crippen LogP contribution in [0, 0.1) is 24.1 Å². The zero-order chi connectivity index (χ0) is 19.7. The van der Waals surface area contributed by atoms with Crippen molar-refractivity contribution in [1.29, 1.82) is 5.26 Å². The lowest BCUT2D eigenvalue weighted by Gasteiger charge is -2.22. The predicted molar refractivity (Wildman–Crippen MR) is 97.8 cm³/mol. The number of halogens is 1. The Hall–Kier alpha value is -2.92. The van der Waals surface area contributed by atoms with E-state index in [0.717, 1.165) is 12.0 Å². The van der Waals surface area contributed by atoms with Gasteiger partial charge in [0.2, 0.25) is 5.88 Å². The van der Waals surface area contributed by atoms with Crippen LogP contribution in [0.15, 0.2) is 18.3 Å². The van der Waals surface area contributed by atoms with Crippen LogP contribution in [-0.2, 0) is 6.54 Å². The van der Waals surface area contributed by atoms with Crippen molar-refractivity contribution in [2.24, 2.45) is 0 Å². The van der Waals surface area contributed by atoms with E-state index in [1.165, 1.54) is 12.3 Å². The van der Waals surface area contributed by atoms with E-state index >= 15 is 0 Å². The number of hydrogen-bond donors (Lipinski definition) is 0. The molecule has 8 heteroatoms. The lowest BCUT2D eigenvalue weighted by Crippen LogP contribution is -2.29. The van der Waals surface area contributed by atoms with E-state index in [-0.39, 0.29) is 12.1 Å². The van der Waals surface area contributed by atoms with Gasteiger partial charge in [0, 0.05) is 43.9 Å². The van der Waals surface area contributed by atoms with Crippen LogP contribution < -0.4 is 14.2 Å².